The molecule has 0 aliphatic heterocycles. The number of nitrogens with one attached hydrogen (secondary N) is 1. The van der Waals surface area contributed by atoms with Crippen molar-refractivity contribution in [1.29, 1.82) is 0 Å². The Hall–Kier alpha value is -1.68. The number of ketones is 1. The topological polar surface area (TPSA) is 45.8 Å². The molecule has 3 aromatic rings. The Bertz CT molecular complexity index is 969. The Balaban J connectivity index is 2.18. The van der Waals surface area contributed by atoms with Crippen molar-refractivity contribution in [2.45, 2.75) is 40.0 Å². The normalized spacial score (nSPS) is 17.0. The van der Waals surface area contributed by atoms with E-state index in [9.17, 15) is 4.79 Å². The first kappa shape index (κ1) is 14.9. The van der Waals surface area contributed by atoms with Crippen LogP contribution in [0.5, 0.6) is 0 Å². The summed E-state index contributed by atoms with van der Waals surface area (Å²) in [6.07, 6.45) is 2.30. The zero-order valence-corrected chi connectivity index (χ0v) is 15.2. The Labute approximate surface area is 143 Å². The van der Waals surface area contributed by atoms with Crippen molar-refractivity contribution >= 4 is 43.5 Å². The van der Waals surface area contributed by atoms with E-state index in [1.54, 1.807) is 0 Å². The maximum absolute atomic E-state index is 12.9. The molecule has 0 bridgehead atoms. The van der Waals surface area contributed by atoms with Gasteiger partial charge in [0.25, 0.3) is 0 Å². The number of benzene rings is 1. The monoisotopic (exact) mass is 370 g/mol. The minimum atomic E-state index is -0.0114. The molecular formula is C19H19BrN2O. The largest absolute Gasteiger partial charge is 0.353 e. The van der Waals surface area contributed by atoms with E-state index in [1.807, 2.05) is 6.07 Å². The highest BCUT2D eigenvalue weighted by Crippen LogP contribution is 2.40. The van der Waals surface area contributed by atoms with Gasteiger partial charge in [0.2, 0.25) is 0 Å². The molecule has 0 atom stereocenters. The Morgan fingerprint density at radius 3 is 2.83 bits per heavy atom. The van der Waals surface area contributed by atoms with Crippen LogP contribution in [0.1, 0.15) is 48.9 Å². The van der Waals surface area contributed by atoms with E-state index in [0.717, 1.165) is 56.1 Å². The smallest absolute Gasteiger partial charge is 0.165 e. The van der Waals surface area contributed by atoms with Crippen LogP contribution in [0.4, 0.5) is 0 Å². The summed E-state index contributed by atoms with van der Waals surface area (Å²) in [6.45, 7) is 6.42. The summed E-state index contributed by atoms with van der Waals surface area (Å²) in [5.74, 6) is 0.220. The van der Waals surface area contributed by atoms with Gasteiger partial charge in [-0.3, -0.25) is 9.78 Å². The number of halogens is 1. The Morgan fingerprint density at radius 1 is 1.30 bits per heavy atom. The predicted molar refractivity (Wildman–Crippen MR) is 97.1 cm³/mol. The maximum atomic E-state index is 12.9. The van der Waals surface area contributed by atoms with E-state index < -0.39 is 0 Å². The third-order valence-corrected chi connectivity index (χ3v) is 5.25. The number of pyridine rings is 1. The molecule has 0 fully saturated rings. The van der Waals surface area contributed by atoms with Gasteiger partial charge in [-0.15, -0.1) is 0 Å². The number of H-pyrrole nitrogens is 1. The number of hydrogen-bond donors (Lipinski definition) is 1. The molecule has 0 saturated carbocycles. The maximum Gasteiger partial charge on any atom is 0.165 e. The fraction of sp³-hybridized carbons (Fsp3) is 0.368. The van der Waals surface area contributed by atoms with Crippen LogP contribution in [-0.2, 0) is 12.8 Å². The van der Waals surface area contributed by atoms with Gasteiger partial charge in [0.15, 0.2) is 5.78 Å². The number of aromatic amines is 1. The first-order valence-corrected chi connectivity index (χ1v) is 8.85. The van der Waals surface area contributed by atoms with Crippen LogP contribution in [0.15, 0.2) is 22.7 Å². The molecule has 1 aliphatic rings. The van der Waals surface area contributed by atoms with E-state index in [1.165, 1.54) is 0 Å². The number of carbonyl (C=O) groups excluding carboxylic acids is 1. The first-order valence-electron chi connectivity index (χ1n) is 8.05. The SMILES string of the molecule is CCc1nc2c(c3c1[nH]c1ccc(Br)cc13)C(=O)CC(C)(C)C2. The minimum absolute atomic E-state index is 0.0114. The van der Waals surface area contributed by atoms with Gasteiger partial charge in [-0.2, -0.15) is 0 Å². The second-order valence-electron chi connectivity index (χ2n) is 7.24. The van der Waals surface area contributed by atoms with Crippen LogP contribution in [-0.4, -0.2) is 15.8 Å². The zero-order chi connectivity index (χ0) is 16.4. The third-order valence-electron chi connectivity index (χ3n) is 4.76. The Morgan fingerprint density at radius 2 is 2.09 bits per heavy atom. The second kappa shape index (κ2) is 4.91. The number of hydrogen-bond acceptors (Lipinski definition) is 2. The summed E-state index contributed by atoms with van der Waals surface area (Å²) in [5.41, 5.74) is 4.93. The third kappa shape index (κ3) is 2.23. The summed E-state index contributed by atoms with van der Waals surface area (Å²) in [6, 6.07) is 6.18. The molecule has 0 spiro atoms. The van der Waals surface area contributed by atoms with Gasteiger partial charge in [0, 0.05) is 32.7 Å². The molecule has 23 heavy (non-hydrogen) atoms. The van der Waals surface area contributed by atoms with Crippen molar-refractivity contribution in [1.82, 2.24) is 9.97 Å². The second-order valence-corrected chi connectivity index (χ2v) is 8.16. The molecule has 2 aromatic heterocycles. The summed E-state index contributed by atoms with van der Waals surface area (Å²) in [5, 5.41) is 2.17. The van der Waals surface area contributed by atoms with Gasteiger partial charge in [-0.1, -0.05) is 36.7 Å². The standard InChI is InChI=1S/C19H19BrN2O/c1-4-12-18-16(11-7-10(20)5-6-13(11)22-18)17-14(21-12)8-19(2,3)9-15(17)23/h5-7,22H,4,8-9H2,1-3H3. The fourth-order valence-corrected chi connectivity index (χ4v) is 4.14. The highest BCUT2D eigenvalue weighted by atomic mass is 79.9. The van der Waals surface area contributed by atoms with Crippen LogP contribution >= 0.6 is 15.9 Å². The number of nitrogens with zero attached hydrogens (tertiary/aromatic N) is 1. The summed E-state index contributed by atoms with van der Waals surface area (Å²) < 4.78 is 1.03. The van der Waals surface area contributed by atoms with Crippen molar-refractivity contribution in [3.63, 3.8) is 0 Å². The molecular weight excluding hydrogens is 352 g/mol. The summed E-state index contributed by atoms with van der Waals surface area (Å²) in [7, 11) is 0. The van der Waals surface area contributed by atoms with Crippen molar-refractivity contribution < 1.29 is 4.79 Å². The van der Waals surface area contributed by atoms with E-state index in [2.05, 4.69) is 53.8 Å². The van der Waals surface area contributed by atoms with Gasteiger partial charge in [0.1, 0.15) is 0 Å². The first-order chi connectivity index (χ1) is 10.9. The van der Waals surface area contributed by atoms with Crippen LogP contribution in [0.2, 0.25) is 0 Å². The molecule has 4 rings (SSSR count). The molecule has 0 unspecified atom stereocenters. The van der Waals surface area contributed by atoms with Crippen LogP contribution in [0.25, 0.3) is 21.8 Å². The van der Waals surface area contributed by atoms with Gasteiger partial charge >= 0.3 is 0 Å². The highest BCUT2D eigenvalue weighted by molar-refractivity contribution is 9.10. The highest BCUT2D eigenvalue weighted by Gasteiger charge is 2.34. The van der Waals surface area contributed by atoms with Crippen LogP contribution in [0, 0.1) is 5.41 Å². The van der Waals surface area contributed by atoms with Crippen molar-refractivity contribution in [3.05, 3.63) is 39.6 Å². The van der Waals surface area contributed by atoms with Crippen molar-refractivity contribution in [2.24, 2.45) is 5.41 Å². The molecule has 0 saturated heterocycles. The van der Waals surface area contributed by atoms with E-state index in [4.69, 9.17) is 4.98 Å². The van der Waals surface area contributed by atoms with Gasteiger partial charge in [-0.25, -0.2) is 0 Å². The lowest BCUT2D eigenvalue weighted by Crippen LogP contribution is -2.28. The molecule has 0 amide bonds. The number of fused-ring (bicyclic) bond motifs is 5. The number of carbonyl (C=O) groups is 1. The van der Waals surface area contributed by atoms with E-state index in [0.29, 0.717) is 6.42 Å². The lowest BCUT2D eigenvalue weighted by molar-refractivity contribution is 0.0912. The number of aromatic nitrogens is 2. The molecule has 2 heterocycles. The van der Waals surface area contributed by atoms with Crippen LogP contribution in [0.3, 0.4) is 0 Å². The number of aryl methyl sites for hydroxylation is 1. The average Bonchev–Trinajstić information content (AvgIpc) is 2.83. The van der Waals surface area contributed by atoms with Crippen LogP contribution < -0.4 is 0 Å². The molecule has 1 aromatic carbocycles. The molecule has 0 radical (unpaired) electrons. The molecule has 1 aliphatic carbocycles. The number of rotatable bonds is 1. The van der Waals surface area contributed by atoms with E-state index >= 15 is 0 Å². The molecule has 4 heteroatoms. The molecule has 3 nitrogen and oxygen atoms in total. The van der Waals surface area contributed by atoms with Crippen molar-refractivity contribution in [2.75, 3.05) is 0 Å². The predicted octanol–water partition coefficient (Wildman–Crippen LogP) is 5.20. The number of Topliss-reactive ketones (excluding diaryl/α,β-unsaturated/α-hetero) is 1. The lowest BCUT2D eigenvalue weighted by atomic mass is 9.74. The quantitative estimate of drug-likeness (QED) is 0.639. The Kier molecular flexibility index (Phi) is 3.17. The minimum Gasteiger partial charge on any atom is -0.353 e. The summed E-state index contributed by atoms with van der Waals surface area (Å²) in [4.78, 5) is 21.2. The van der Waals surface area contributed by atoms with Gasteiger partial charge < -0.3 is 4.98 Å². The van der Waals surface area contributed by atoms with Gasteiger partial charge in [-0.05, 0) is 36.5 Å². The van der Waals surface area contributed by atoms with E-state index in [-0.39, 0.29) is 11.2 Å². The average molecular weight is 371 g/mol. The lowest BCUT2D eigenvalue weighted by Gasteiger charge is -2.30. The zero-order valence-electron chi connectivity index (χ0n) is 13.6. The molecule has 1 N–H and O–H groups in total. The molecule has 118 valence electrons. The van der Waals surface area contributed by atoms with Gasteiger partial charge in [0.05, 0.1) is 16.9 Å². The fourth-order valence-electron chi connectivity index (χ4n) is 3.78. The van der Waals surface area contributed by atoms with Crippen molar-refractivity contribution in [3.8, 4) is 0 Å². The summed E-state index contributed by atoms with van der Waals surface area (Å²) >= 11 is 3.55.